The molecule has 4 aliphatic rings. The Morgan fingerprint density at radius 3 is 2.42 bits per heavy atom. The van der Waals surface area contributed by atoms with Gasteiger partial charge >= 0.3 is 38.4 Å². The maximum atomic E-state index is 16.8. The molecular formula is C29H40FN5O17P2S. The maximum absolute atomic E-state index is 16.8. The van der Waals surface area contributed by atoms with Gasteiger partial charge in [-0.3, -0.25) is 23.7 Å². The molecule has 306 valence electrons. The summed E-state index contributed by atoms with van der Waals surface area (Å²) in [7, 11) is -4.13. The second-order valence-corrected chi connectivity index (χ2v) is 17.4. The fraction of sp³-hybridized carbons (Fsp3) is 0.655. The number of nitrogen functional groups attached to an aromatic ring is 1. The number of hydrogen-bond donors (Lipinski definition) is 6. The summed E-state index contributed by atoms with van der Waals surface area (Å²) in [5, 5.41) is 17.0. The first-order valence-electron chi connectivity index (χ1n) is 16.3. The Bertz CT molecular complexity index is 1840. The van der Waals surface area contributed by atoms with Crippen LogP contribution in [0.3, 0.4) is 0 Å². The summed E-state index contributed by atoms with van der Waals surface area (Å²) in [5.41, 5.74) is 2.11. The number of aromatic nitrogens is 2. The molecule has 7 N–H and O–H groups in total. The number of alkyl halides is 1. The molecule has 0 amide bonds. The highest BCUT2D eigenvalue weighted by molar-refractivity contribution is 8.08. The van der Waals surface area contributed by atoms with Crippen LogP contribution in [0.25, 0.3) is 0 Å². The van der Waals surface area contributed by atoms with Crippen LogP contribution >= 0.6 is 14.5 Å². The molecule has 55 heavy (non-hydrogen) atoms. The Hall–Kier alpha value is -3.25. The summed E-state index contributed by atoms with van der Waals surface area (Å²) in [6, 6.07) is -1.17. The third-order valence-electron chi connectivity index (χ3n) is 9.31. The first-order chi connectivity index (χ1) is 25.5. The van der Waals surface area contributed by atoms with E-state index in [9.17, 15) is 38.6 Å². The van der Waals surface area contributed by atoms with Gasteiger partial charge in [0.15, 0.2) is 23.4 Å². The van der Waals surface area contributed by atoms with Crippen LogP contribution in [0.5, 0.6) is 0 Å². The normalized spacial score (nSPS) is 35.9. The van der Waals surface area contributed by atoms with Crippen LogP contribution in [0.4, 0.5) is 15.9 Å². The van der Waals surface area contributed by atoms with Gasteiger partial charge < -0.3 is 64.2 Å². The summed E-state index contributed by atoms with van der Waals surface area (Å²) in [5.74, 6) is -9.37. The third-order valence-corrected chi connectivity index (χ3v) is 12.8. The molecule has 4 heterocycles. The zero-order valence-corrected chi connectivity index (χ0v) is 32.6. The summed E-state index contributed by atoms with van der Waals surface area (Å²) in [6.45, 7) is -0.998. The average Bonchev–Trinajstić information content (AvgIpc) is 3.36. The lowest BCUT2D eigenvalue weighted by atomic mass is 9.78. The van der Waals surface area contributed by atoms with Gasteiger partial charge in [0, 0.05) is 33.9 Å². The van der Waals surface area contributed by atoms with Crippen molar-refractivity contribution >= 4 is 61.7 Å². The standard InChI is InChI=1S/C29H40FN5O17P2S/c1-12(36)44-9-16(46-13(2)37)18-21(40)22(47-14(3)38)19-26(50-29(18,19)48-15(4)39)51-53(41,42)52-54(43,55)45-10-17-23(32-6)27(5,30)28(49-17)7-8-33-20-24(28)34-11-35-25(20)31/h7-8,11,16-19,21-23,26,32-33,40H,9-10H2,1-6H3,(H,41,42)(H,43,55)(H2,31,34,35)/t16-,17+,18?,19?,21?,22?,23+,26?,27+,28?,29?,54?/m0/s1. The van der Waals surface area contributed by atoms with Gasteiger partial charge in [0.2, 0.25) is 5.79 Å². The molecule has 3 aliphatic heterocycles. The van der Waals surface area contributed by atoms with Crippen molar-refractivity contribution in [1.29, 1.82) is 0 Å². The Morgan fingerprint density at radius 1 is 1.13 bits per heavy atom. The van der Waals surface area contributed by atoms with Crippen LogP contribution in [0.15, 0.2) is 18.6 Å². The van der Waals surface area contributed by atoms with Crippen LogP contribution in [-0.4, -0.2) is 117 Å². The Balaban J connectivity index is 1.35. The lowest BCUT2D eigenvalue weighted by Crippen LogP contribution is -2.67. The fourth-order valence-corrected chi connectivity index (χ4v) is 10.5. The number of phosphoric ester groups is 1. The van der Waals surface area contributed by atoms with E-state index in [0.29, 0.717) is 0 Å². The van der Waals surface area contributed by atoms with Crippen LogP contribution in [0.2, 0.25) is 0 Å². The van der Waals surface area contributed by atoms with E-state index in [4.69, 9.17) is 59.3 Å². The molecule has 22 nitrogen and oxygen atoms in total. The van der Waals surface area contributed by atoms with Crippen molar-refractivity contribution in [2.45, 2.75) is 88.4 Å². The number of ether oxygens (including phenoxy) is 6. The largest absolute Gasteiger partial charge is 0.481 e. The minimum Gasteiger partial charge on any atom is -0.462 e. The molecule has 1 aromatic heterocycles. The predicted molar refractivity (Wildman–Crippen MR) is 183 cm³/mol. The number of anilines is 2. The predicted octanol–water partition coefficient (Wildman–Crippen LogP) is -0.0756. The number of nitrogens with one attached hydrogen (secondary N) is 2. The monoisotopic (exact) mass is 843 g/mol. The molecule has 2 saturated heterocycles. The number of nitrogens with zero attached hydrogens (tertiary/aromatic N) is 2. The number of esters is 4. The van der Waals surface area contributed by atoms with Gasteiger partial charge in [-0.05, 0) is 31.9 Å². The van der Waals surface area contributed by atoms with Gasteiger partial charge in [0.1, 0.15) is 54.6 Å². The van der Waals surface area contributed by atoms with E-state index in [-0.39, 0.29) is 17.2 Å². The van der Waals surface area contributed by atoms with Gasteiger partial charge in [0.25, 0.3) is 0 Å². The minimum atomic E-state index is -5.57. The van der Waals surface area contributed by atoms with E-state index < -0.39 is 117 Å². The number of nitrogens with two attached hydrogens (primary N) is 1. The Kier molecular flexibility index (Phi) is 12.2. The van der Waals surface area contributed by atoms with Crippen molar-refractivity contribution in [2.75, 3.05) is 31.3 Å². The Morgan fingerprint density at radius 2 is 1.82 bits per heavy atom. The topological polar surface area (TPSA) is 305 Å². The Labute approximate surface area is 317 Å². The van der Waals surface area contributed by atoms with Gasteiger partial charge in [0.05, 0.1) is 18.6 Å². The summed E-state index contributed by atoms with van der Waals surface area (Å²) < 4.78 is 78.1. The zero-order chi connectivity index (χ0) is 40.9. The second-order valence-electron chi connectivity index (χ2n) is 13.0. The van der Waals surface area contributed by atoms with Crippen LogP contribution in [0.1, 0.15) is 40.3 Å². The SMILES string of the molecule is CN[C@@H]1[C@@H](COP(O)(=S)OP(=O)(O)OC2OC3(OC(C)=O)C2C(OC(C)=O)C(O)C3[C@H](COC(C)=O)OC(C)=O)OC2(C=CNc3c(N)ncnc32)[C@]1(C)F. The van der Waals surface area contributed by atoms with E-state index in [1.54, 1.807) is 0 Å². The molecule has 26 heteroatoms. The highest BCUT2D eigenvalue weighted by Crippen LogP contribution is 2.66. The number of halogens is 1. The van der Waals surface area contributed by atoms with E-state index in [2.05, 4.69) is 20.6 Å². The van der Waals surface area contributed by atoms with Gasteiger partial charge in [-0.2, -0.15) is 0 Å². The number of likely N-dealkylation sites (N-methyl/N-ethyl adjacent to an activating group) is 1. The fourth-order valence-electron chi connectivity index (χ4n) is 7.39. The highest BCUT2D eigenvalue weighted by atomic mass is 32.5. The lowest BCUT2D eigenvalue weighted by molar-refractivity contribution is -0.426. The summed E-state index contributed by atoms with van der Waals surface area (Å²) >= 11 is 4.98. The number of carbonyl (C=O) groups is 4. The average molecular weight is 844 g/mol. The molecule has 13 atom stereocenters. The van der Waals surface area contributed by atoms with Crippen LogP contribution in [-0.2, 0) is 82.9 Å². The molecule has 1 spiro atoms. The highest BCUT2D eigenvalue weighted by Gasteiger charge is 2.78. The number of rotatable bonds is 14. The molecule has 9 unspecified atom stereocenters. The van der Waals surface area contributed by atoms with Crippen molar-refractivity contribution < 1.29 is 84.8 Å². The molecule has 5 rings (SSSR count). The molecule has 1 aliphatic carbocycles. The van der Waals surface area contributed by atoms with Crippen LogP contribution in [0, 0.1) is 11.8 Å². The molecular weight excluding hydrogens is 803 g/mol. The van der Waals surface area contributed by atoms with Crippen molar-refractivity contribution in [1.82, 2.24) is 15.3 Å². The number of hydrogen-bond acceptors (Lipinski definition) is 21. The molecule has 0 aromatic carbocycles. The van der Waals surface area contributed by atoms with Gasteiger partial charge in [-0.15, -0.1) is 0 Å². The first kappa shape index (κ1) is 42.9. The van der Waals surface area contributed by atoms with Crippen molar-refractivity contribution in [3.8, 4) is 0 Å². The van der Waals surface area contributed by atoms with E-state index >= 15 is 4.39 Å². The van der Waals surface area contributed by atoms with E-state index in [1.165, 1.54) is 26.2 Å². The number of phosphoric acid groups is 1. The second kappa shape index (κ2) is 15.6. The van der Waals surface area contributed by atoms with Crippen LogP contribution < -0.4 is 16.4 Å². The van der Waals surface area contributed by atoms with E-state index in [1.807, 2.05) is 0 Å². The smallest absolute Gasteiger partial charge is 0.462 e. The quantitative estimate of drug-likeness (QED) is 0.0811. The number of fused-ring (bicyclic) bond motifs is 3. The van der Waals surface area contributed by atoms with Gasteiger partial charge in [-0.1, -0.05) is 0 Å². The molecule has 0 radical (unpaired) electrons. The van der Waals surface area contributed by atoms with Gasteiger partial charge in [-0.25, -0.2) is 23.2 Å². The van der Waals surface area contributed by atoms with Crippen molar-refractivity contribution in [3.63, 3.8) is 0 Å². The lowest BCUT2D eigenvalue weighted by Gasteiger charge is -2.52. The molecule has 1 saturated carbocycles. The number of aliphatic hydroxyl groups is 1. The van der Waals surface area contributed by atoms with E-state index in [0.717, 1.165) is 34.0 Å². The minimum absolute atomic E-state index is 0.0142. The molecule has 0 bridgehead atoms. The number of aliphatic hydroxyl groups excluding tert-OH is 1. The molecule has 1 aromatic rings. The number of carbonyl (C=O) groups excluding carboxylic acids is 4. The first-order valence-corrected chi connectivity index (χ1v) is 20.4. The summed E-state index contributed by atoms with van der Waals surface area (Å²) in [4.78, 5) is 77.8. The molecule has 3 fully saturated rings. The van der Waals surface area contributed by atoms with Crippen molar-refractivity contribution in [2.24, 2.45) is 11.8 Å². The maximum Gasteiger partial charge on any atom is 0.481 e. The van der Waals surface area contributed by atoms with Crippen molar-refractivity contribution in [3.05, 3.63) is 24.3 Å². The third kappa shape index (κ3) is 8.14. The zero-order valence-electron chi connectivity index (χ0n) is 30.0. The summed E-state index contributed by atoms with van der Waals surface area (Å²) in [6.07, 6.45) is -4.56.